The third-order valence-corrected chi connectivity index (χ3v) is 3.77. The van der Waals surface area contributed by atoms with Crippen molar-refractivity contribution in [3.8, 4) is 11.8 Å². The number of ether oxygens (including phenoxy) is 1. The van der Waals surface area contributed by atoms with E-state index in [-0.39, 0.29) is 5.54 Å². The predicted molar refractivity (Wildman–Crippen MR) is 76.5 cm³/mol. The molecule has 0 atom stereocenters. The third-order valence-electron chi connectivity index (χ3n) is 3.77. The number of benzene rings is 1. The Morgan fingerprint density at radius 3 is 2.37 bits per heavy atom. The molecule has 1 aromatic carbocycles. The number of piperazine rings is 1. The smallest absolute Gasteiger partial charge is 0.142 e. The molecule has 0 aromatic heterocycles. The van der Waals surface area contributed by atoms with Gasteiger partial charge >= 0.3 is 0 Å². The Kier molecular flexibility index (Phi) is 3.96. The van der Waals surface area contributed by atoms with Gasteiger partial charge in [-0.15, -0.1) is 0 Å². The van der Waals surface area contributed by atoms with Crippen LogP contribution in [0.25, 0.3) is 0 Å². The van der Waals surface area contributed by atoms with Gasteiger partial charge < -0.3 is 9.64 Å². The lowest BCUT2D eigenvalue weighted by Crippen LogP contribution is -2.54. The minimum absolute atomic E-state index is 0.382. The highest BCUT2D eigenvalue weighted by molar-refractivity contribution is 5.58. The molecule has 4 nitrogen and oxygen atoms in total. The number of rotatable bonds is 3. The number of nitrogens with zero attached hydrogens (tertiary/aromatic N) is 3. The number of para-hydroxylation sites is 2. The Morgan fingerprint density at radius 1 is 1.16 bits per heavy atom. The summed E-state index contributed by atoms with van der Waals surface area (Å²) >= 11 is 0. The zero-order chi connectivity index (χ0) is 13.9. The summed E-state index contributed by atoms with van der Waals surface area (Å²) in [4.78, 5) is 4.56. The molecule has 0 bridgehead atoms. The van der Waals surface area contributed by atoms with E-state index < -0.39 is 0 Å². The molecule has 102 valence electrons. The largest absolute Gasteiger partial charge is 0.495 e. The second kappa shape index (κ2) is 5.50. The van der Waals surface area contributed by atoms with Crippen LogP contribution in [0.1, 0.15) is 13.8 Å². The monoisotopic (exact) mass is 259 g/mol. The number of hydrogen-bond acceptors (Lipinski definition) is 4. The van der Waals surface area contributed by atoms with Crippen LogP contribution in [0, 0.1) is 11.3 Å². The molecule has 4 heteroatoms. The van der Waals surface area contributed by atoms with E-state index in [4.69, 9.17) is 4.74 Å². The Hall–Kier alpha value is -1.73. The maximum atomic E-state index is 9.19. The molecule has 0 aliphatic carbocycles. The first kappa shape index (κ1) is 13.7. The van der Waals surface area contributed by atoms with Crippen LogP contribution in [-0.2, 0) is 0 Å². The SMILES string of the molecule is COc1ccccc1N1CCN(C(C)(C)C#N)CC1. The average Bonchev–Trinajstić information content (AvgIpc) is 2.47. The number of anilines is 1. The summed E-state index contributed by atoms with van der Waals surface area (Å²) < 4.78 is 5.41. The maximum absolute atomic E-state index is 9.19. The number of hydrogen-bond donors (Lipinski definition) is 0. The predicted octanol–water partition coefficient (Wildman–Crippen LogP) is 2.12. The molecule has 1 aliphatic heterocycles. The zero-order valence-corrected chi connectivity index (χ0v) is 11.9. The minimum atomic E-state index is -0.382. The Morgan fingerprint density at radius 2 is 1.79 bits per heavy atom. The summed E-state index contributed by atoms with van der Waals surface area (Å²) in [5.41, 5.74) is 0.756. The maximum Gasteiger partial charge on any atom is 0.142 e. The van der Waals surface area contributed by atoms with Crippen molar-refractivity contribution in [1.82, 2.24) is 4.90 Å². The molecule has 0 saturated carbocycles. The highest BCUT2D eigenvalue weighted by Crippen LogP contribution is 2.29. The molecule has 1 fully saturated rings. The lowest BCUT2D eigenvalue weighted by molar-refractivity contribution is 0.158. The van der Waals surface area contributed by atoms with E-state index in [0.717, 1.165) is 37.6 Å². The van der Waals surface area contributed by atoms with Gasteiger partial charge in [0.15, 0.2) is 0 Å². The molecule has 0 spiro atoms. The molecule has 2 rings (SSSR count). The van der Waals surface area contributed by atoms with Crippen molar-refractivity contribution in [2.24, 2.45) is 0 Å². The van der Waals surface area contributed by atoms with Gasteiger partial charge in [-0.2, -0.15) is 5.26 Å². The summed E-state index contributed by atoms with van der Waals surface area (Å²) in [6.07, 6.45) is 0. The minimum Gasteiger partial charge on any atom is -0.495 e. The van der Waals surface area contributed by atoms with Gasteiger partial charge in [-0.25, -0.2) is 0 Å². The first-order valence-electron chi connectivity index (χ1n) is 6.63. The molecular weight excluding hydrogens is 238 g/mol. The molecule has 0 N–H and O–H groups in total. The fraction of sp³-hybridized carbons (Fsp3) is 0.533. The van der Waals surface area contributed by atoms with Crippen LogP contribution in [0.4, 0.5) is 5.69 Å². The molecule has 19 heavy (non-hydrogen) atoms. The van der Waals surface area contributed by atoms with E-state index >= 15 is 0 Å². The van der Waals surface area contributed by atoms with Gasteiger partial charge in [-0.1, -0.05) is 12.1 Å². The van der Waals surface area contributed by atoms with Gasteiger partial charge in [0.05, 0.1) is 18.9 Å². The molecule has 1 saturated heterocycles. The summed E-state index contributed by atoms with van der Waals surface area (Å²) in [5.74, 6) is 0.912. The van der Waals surface area contributed by atoms with Gasteiger partial charge in [0.25, 0.3) is 0 Å². The first-order valence-corrected chi connectivity index (χ1v) is 6.63. The van der Waals surface area contributed by atoms with Crippen molar-refractivity contribution < 1.29 is 4.74 Å². The number of nitriles is 1. The molecule has 0 unspecified atom stereocenters. The van der Waals surface area contributed by atoms with Crippen LogP contribution >= 0.6 is 0 Å². The topological polar surface area (TPSA) is 39.5 Å². The van der Waals surface area contributed by atoms with E-state index in [1.54, 1.807) is 7.11 Å². The first-order chi connectivity index (χ1) is 9.08. The molecular formula is C15H21N3O. The van der Waals surface area contributed by atoms with Crippen molar-refractivity contribution in [2.75, 3.05) is 38.2 Å². The van der Waals surface area contributed by atoms with Gasteiger partial charge in [0.2, 0.25) is 0 Å². The van der Waals surface area contributed by atoms with Crippen LogP contribution in [0.3, 0.4) is 0 Å². The normalized spacial score (nSPS) is 17.1. The molecule has 0 amide bonds. The highest BCUT2D eigenvalue weighted by Gasteiger charge is 2.30. The van der Waals surface area contributed by atoms with Gasteiger partial charge in [-0.05, 0) is 26.0 Å². The summed E-state index contributed by atoms with van der Waals surface area (Å²) in [5, 5.41) is 9.19. The van der Waals surface area contributed by atoms with Crippen LogP contribution in [0.2, 0.25) is 0 Å². The molecule has 0 radical (unpaired) electrons. The van der Waals surface area contributed by atoms with Crippen molar-refractivity contribution in [3.05, 3.63) is 24.3 Å². The molecule has 1 aliphatic rings. The van der Waals surface area contributed by atoms with E-state index in [1.807, 2.05) is 32.0 Å². The molecule has 1 aromatic rings. The summed E-state index contributed by atoms with van der Waals surface area (Å²) in [6.45, 7) is 7.60. The van der Waals surface area contributed by atoms with Crippen molar-refractivity contribution in [2.45, 2.75) is 19.4 Å². The second-order valence-corrected chi connectivity index (χ2v) is 5.32. The van der Waals surface area contributed by atoms with Crippen molar-refractivity contribution in [1.29, 1.82) is 5.26 Å². The van der Waals surface area contributed by atoms with E-state index in [0.29, 0.717) is 0 Å². The third kappa shape index (κ3) is 2.82. The average molecular weight is 259 g/mol. The van der Waals surface area contributed by atoms with Crippen molar-refractivity contribution in [3.63, 3.8) is 0 Å². The van der Waals surface area contributed by atoms with Gasteiger partial charge in [0.1, 0.15) is 11.3 Å². The standard InChI is InChI=1S/C15H21N3O/c1-15(2,12-16)18-10-8-17(9-11-18)13-6-4-5-7-14(13)19-3/h4-7H,8-11H2,1-3H3. The van der Waals surface area contributed by atoms with Crippen LogP contribution in [0.5, 0.6) is 5.75 Å². The van der Waals surface area contributed by atoms with Crippen LogP contribution in [0.15, 0.2) is 24.3 Å². The quantitative estimate of drug-likeness (QED) is 0.833. The lowest BCUT2D eigenvalue weighted by atomic mass is 10.0. The highest BCUT2D eigenvalue weighted by atomic mass is 16.5. The Bertz CT molecular complexity index is 471. The van der Waals surface area contributed by atoms with E-state index in [9.17, 15) is 5.26 Å². The van der Waals surface area contributed by atoms with Crippen LogP contribution in [-0.4, -0.2) is 43.7 Å². The Labute approximate surface area is 115 Å². The fourth-order valence-corrected chi connectivity index (χ4v) is 2.47. The molecule has 1 heterocycles. The van der Waals surface area contributed by atoms with E-state index in [1.165, 1.54) is 0 Å². The number of methoxy groups -OCH3 is 1. The summed E-state index contributed by atoms with van der Waals surface area (Å²) in [7, 11) is 1.70. The lowest BCUT2D eigenvalue weighted by Gasteiger charge is -2.41. The van der Waals surface area contributed by atoms with Gasteiger partial charge in [-0.3, -0.25) is 4.90 Å². The van der Waals surface area contributed by atoms with E-state index in [2.05, 4.69) is 21.9 Å². The van der Waals surface area contributed by atoms with Crippen LogP contribution < -0.4 is 9.64 Å². The summed E-state index contributed by atoms with van der Waals surface area (Å²) in [6, 6.07) is 10.5. The second-order valence-electron chi connectivity index (χ2n) is 5.32. The van der Waals surface area contributed by atoms with Crippen molar-refractivity contribution >= 4 is 5.69 Å². The Balaban J connectivity index is 2.06. The zero-order valence-electron chi connectivity index (χ0n) is 11.9. The van der Waals surface area contributed by atoms with Gasteiger partial charge in [0, 0.05) is 26.2 Å². The fourth-order valence-electron chi connectivity index (χ4n) is 2.47.